The van der Waals surface area contributed by atoms with Crippen molar-refractivity contribution in [2.45, 2.75) is 39.7 Å². The highest BCUT2D eigenvalue weighted by Gasteiger charge is 2.20. The average Bonchev–Trinajstić information content (AvgIpc) is 2.49. The highest BCUT2D eigenvalue weighted by atomic mass is 16.5. The number of hydrogen-bond acceptors (Lipinski definition) is 4. The number of nitrogens with zero attached hydrogens (tertiary/aromatic N) is 1. The molecule has 0 bridgehead atoms. The van der Waals surface area contributed by atoms with E-state index < -0.39 is 0 Å². The lowest BCUT2D eigenvalue weighted by Gasteiger charge is -2.27. The molecule has 0 saturated carbocycles. The molecule has 21 heavy (non-hydrogen) atoms. The number of amides is 1. The number of benzene rings is 1. The van der Waals surface area contributed by atoms with Crippen molar-refractivity contribution in [2.75, 3.05) is 31.2 Å². The van der Waals surface area contributed by atoms with Crippen LogP contribution >= 0.6 is 0 Å². The molecule has 0 fully saturated rings. The average molecular weight is 293 g/mol. The molecule has 0 aromatic heterocycles. The second-order valence-electron chi connectivity index (χ2n) is 5.10. The lowest BCUT2D eigenvalue weighted by molar-refractivity contribution is -0.120. The highest BCUT2D eigenvalue weighted by molar-refractivity contribution is 5.97. The molecule has 1 unspecified atom stereocenters. The molecule has 0 spiro atoms. The maximum absolute atomic E-state index is 12.3. The van der Waals surface area contributed by atoms with Crippen LogP contribution in [0.4, 0.5) is 11.4 Å². The molecule has 1 aromatic rings. The number of rotatable bonds is 8. The van der Waals surface area contributed by atoms with Crippen molar-refractivity contribution < 1.29 is 9.53 Å². The third-order valence-corrected chi connectivity index (χ3v) is 3.65. The number of nitrogens with two attached hydrogens (primary N) is 1. The van der Waals surface area contributed by atoms with Gasteiger partial charge >= 0.3 is 0 Å². The Kier molecular flexibility index (Phi) is 7.02. The molecule has 5 heteroatoms. The normalized spacial score (nSPS) is 12.2. The smallest absolute Gasteiger partial charge is 0.241 e. The van der Waals surface area contributed by atoms with Gasteiger partial charge in [-0.3, -0.25) is 9.69 Å². The number of likely N-dealkylation sites (N-methyl/N-ethyl adjacent to an activating group) is 1. The number of carbonyl (C=O) groups is 1. The number of nitrogens with one attached hydrogen (secondary N) is 1. The third kappa shape index (κ3) is 4.93. The first-order valence-electron chi connectivity index (χ1n) is 7.51. The first-order valence-corrected chi connectivity index (χ1v) is 7.51. The van der Waals surface area contributed by atoms with Crippen LogP contribution in [0.5, 0.6) is 5.75 Å². The summed E-state index contributed by atoms with van der Waals surface area (Å²) in [6, 6.07) is 5.07. The summed E-state index contributed by atoms with van der Waals surface area (Å²) < 4.78 is 5.10. The fraction of sp³-hybridized carbons (Fsp3) is 0.562. The van der Waals surface area contributed by atoms with E-state index in [9.17, 15) is 4.79 Å². The van der Waals surface area contributed by atoms with Crippen molar-refractivity contribution in [1.82, 2.24) is 4.90 Å². The predicted molar refractivity (Wildman–Crippen MR) is 87.7 cm³/mol. The van der Waals surface area contributed by atoms with Crippen LogP contribution in [-0.4, -0.2) is 37.0 Å². The second-order valence-corrected chi connectivity index (χ2v) is 5.10. The summed E-state index contributed by atoms with van der Waals surface area (Å²) in [5, 5.41) is 2.89. The van der Waals surface area contributed by atoms with Crippen LogP contribution in [0.2, 0.25) is 0 Å². The van der Waals surface area contributed by atoms with E-state index in [1.165, 1.54) is 0 Å². The Labute approximate surface area is 127 Å². The molecule has 0 aliphatic heterocycles. The summed E-state index contributed by atoms with van der Waals surface area (Å²) in [5.74, 6) is 0.640. The van der Waals surface area contributed by atoms with Crippen LogP contribution in [0.25, 0.3) is 0 Å². The number of anilines is 2. The fourth-order valence-corrected chi connectivity index (χ4v) is 2.17. The number of nitrogen functional groups attached to an aromatic ring is 1. The third-order valence-electron chi connectivity index (χ3n) is 3.65. The van der Waals surface area contributed by atoms with Crippen LogP contribution in [-0.2, 0) is 4.79 Å². The molecule has 1 aromatic carbocycles. The Hall–Kier alpha value is -1.75. The molecule has 0 heterocycles. The minimum absolute atomic E-state index is 0.0372. The lowest BCUT2D eigenvalue weighted by atomic mass is 10.2. The number of ether oxygens (including phenoxy) is 1. The SMILES string of the molecule is CCCCN(CC)C(C)C(=O)Nc1ccc(OC)cc1N. The lowest BCUT2D eigenvalue weighted by Crippen LogP contribution is -2.42. The summed E-state index contributed by atoms with van der Waals surface area (Å²) >= 11 is 0. The molecule has 118 valence electrons. The van der Waals surface area contributed by atoms with Gasteiger partial charge in [0.05, 0.1) is 24.5 Å². The summed E-state index contributed by atoms with van der Waals surface area (Å²) in [7, 11) is 1.59. The molecular weight excluding hydrogens is 266 g/mol. The summed E-state index contributed by atoms with van der Waals surface area (Å²) in [6.07, 6.45) is 2.21. The topological polar surface area (TPSA) is 67.6 Å². The van der Waals surface area contributed by atoms with E-state index in [1.807, 2.05) is 6.92 Å². The molecule has 1 rings (SSSR count). The maximum atomic E-state index is 12.3. The predicted octanol–water partition coefficient (Wildman–Crippen LogP) is 2.73. The monoisotopic (exact) mass is 293 g/mol. The largest absolute Gasteiger partial charge is 0.497 e. The number of unbranched alkanes of at least 4 members (excludes halogenated alkanes) is 1. The highest BCUT2D eigenvalue weighted by Crippen LogP contribution is 2.24. The van der Waals surface area contributed by atoms with Crippen LogP contribution in [0.1, 0.15) is 33.6 Å². The van der Waals surface area contributed by atoms with E-state index in [0.29, 0.717) is 17.1 Å². The van der Waals surface area contributed by atoms with Crippen molar-refractivity contribution in [3.63, 3.8) is 0 Å². The van der Waals surface area contributed by atoms with Crippen molar-refractivity contribution in [2.24, 2.45) is 0 Å². The van der Waals surface area contributed by atoms with Gasteiger partial charge in [-0.1, -0.05) is 20.3 Å². The van der Waals surface area contributed by atoms with Crippen LogP contribution < -0.4 is 15.8 Å². The van der Waals surface area contributed by atoms with Crippen molar-refractivity contribution in [3.8, 4) is 5.75 Å². The van der Waals surface area contributed by atoms with Gasteiger partial charge in [-0.2, -0.15) is 0 Å². The van der Waals surface area contributed by atoms with Gasteiger partial charge in [0, 0.05) is 6.07 Å². The van der Waals surface area contributed by atoms with Gasteiger partial charge in [0.15, 0.2) is 0 Å². The van der Waals surface area contributed by atoms with Crippen LogP contribution in [0.15, 0.2) is 18.2 Å². The standard InChI is InChI=1S/C16H27N3O2/c1-5-7-10-19(6-2)12(3)16(20)18-15-9-8-13(21-4)11-14(15)17/h8-9,11-12H,5-7,10,17H2,1-4H3,(H,18,20). The minimum atomic E-state index is -0.178. The van der Waals surface area contributed by atoms with E-state index in [1.54, 1.807) is 25.3 Å². The number of hydrogen-bond donors (Lipinski definition) is 2. The number of methoxy groups -OCH3 is 1. The first-order chi connectivity index (χ1) is 10.0. The Balaban J connectivity index is 2.70. The van der Waals surface area contributed by atoms with Gasteiger partial charge in [0.25, 0.3) is 0 Å². The van der Waals surface area contributed by atoms with E-state index in [0.717, 1.165) is 25.9 Å². The molecule has 1 amide bonds. The van der Waals surface area contributed by atoms with Crippen molar-refractivity contribution >= 4 is 17.3 Å². The Morgan fingerprint density at radius 1 is 1.43 bits per heavy atom. The summed E-state index contributed by atoms with van der Waals surface area (Å²) in [4.78, 5) is 14.5. The summed E-state index contributed by atoms with van der Waals surface area (Å²) in [5.41, 5.74) is 7.06. The molecule has 1 atom stereocenters. The maximum Gasteiger partial charge on any atom is 0.241 e. The Bertz CT molecular complexity index is 463. The molecule has 0 aliphatic carbocycles. The van der Waals surface area contributed by atoms with Gasteiger partial charge in [0.2, 0.25) is 5.91 Å². The zero-order chi connectivity index (χ0) is 15.8. The second kappa shape index (κ2) is 8.52. The zero-order valence-electron chi connectivity index (χ0n) is 13.5. The van der Waals surface area contributed by atoms with E-state index in [-0.39, 0.29) is 11.9 Å². The molecule has 0 aliphatic rings. The molecule has 3 N–H and O–H groups in total. The number of carbonyl (C=O) groups excluding carboxylic acids is 1. The fourth-order valence-electron chi connectivity index (χ4n) is 2.17. The van der Waals surface area contributed by atoms with Crippen LogP contribution in [0, 0.1) is 0 Å². The van der Waals surface area contributed by atoms with Gasteiger partial charge in [-0.25, -0.2) is 0 Å². The van der Waals surface area contributed by atoms with E-state index in [2.05, 4.69) is 24.1 Å². The molecule has 0 saturated heterocycles. The van der Waals surface area contributed by atoms with Gasteiger partial charge < -0.3 is 15.8 Å². The van der Waals surface area contributed by atoms with Crippen molar-refractivity contribution in [3.05, 3.63) is 18.2 Å². The molecule has 0 radical (unpaired) electrons. The first kappa shape index (κ1) is 17.3. The molecule has 5 nitrogen and oxygen atoms in total. The van der Waals surface area contributed by atoms with Crippen LogP contribution in [0.3, 0.4) is 0 Å². The Morgan fingerprint density at radius 3 is 2.67 bits per heavy atom. The Morgan fingerprint density at radius 2 is 2.14 bits per heavy atom. The summed E-state index contributed by atoms with van der Waals surface area (Å²) in [6.45, 7) is 7.93. The van der Waals surface area contributed by atoms with Gasteiger partial charge in [-0.05, 0) is 38.6 Å². The zero-order valence-corrected chi connectivity index (χ0v) is 13.5. The van der Waals surface area contributed by atoms with Crippen molar-refractivity contribution in [1.29, 1.82) is 0 Å². The van der Waals surface area contributed by atoms with E-state index in [4.69, 9.17) is 10.5 Å². The quantitative estimate of drug-likeness (QED) is 0.723. The molecular formula is C16H27N3O2. The van der Waals surface area contributed by atoms with E-state index >= 15 is 0 Å². The van der Waals surface area contributed by atoms with Gasteiger partial charge in [-0.15, -0.1) is 0 Å². The minimum Gasteiger partial charge on any atom is -0.497 e. The van der Waals surface area contributed by atoms with Gasteiger partial charge in [0.1, 0.15) is 5.75 Å².